The molecule has 19 heavy (non-hydrogen) atoms. The van der Waals surface area contributed by atoms with Gasteiger partial charge in [0.1, 0.15) is 5.56 Å². The molecule has 7 nitrogen and oxygen atoms in total. The van der Waals surface area contributed by atoms with Crippen molar-refractivity contribution in [3.63, 3.8) is 0 Å². The molecule has 1 aliphatic heterocycles. The van der Waals surface area contributed by atoms with E-state index in [0.717, 1.165) is 6.42 Å². The summed E-state index contributed by atoms with van der Waals surface area (Å²) >= 11 is 0. The lowest BCUT2D eigenvalue weighted by atomic mass is 10.1. The number of hydrogen-bond donors (Lipinski definition) is 2. The number of aromatic carboxylic acids is 1. The second-order valence-electron chi connectivity index (χ2n) is 4.55. The summed E-state index contributed by atoms with van der Waals surface area (Å²) in [6.45, 7) is 1.42. The number of nitro groups is 1. The Morgan fingerprint density at radius 2 is 2.26 bits per heavy atom. The predicted octanol–water partition coefficient (Wildman–Crippen LogP) is 1.11. The van der Waals surface area contributed by atoms with Gasteiger partial charge in [-0.05, 0) is 18.6 Å². The minimum Gasteiger partial charge on any atom is -0.477 e. The Hall–Kier alpha value is -2.15. The van der Waals surface area contributed by atoms with Gasteiger partial charge in [0.25, 0.3) is 5.69 Å². The first kappa shape index (κ1) is 13.3. The van der Waals surface area contributed by atoms with E-state index in [1.807, 2.05) is 4.90 Å². The quantitative estimate of drug-likeness (QED) is 0.625. The Bertz CT molecular complexity index is 517. The number of nitrogens with zero attached hydrogens (tertiary/aromatic N) is 2. The van der Waals surface area contributed by atoms with Crippen LogP contribution in [0.2, 0.25) is 0 Å². The molecule has 0 bridgehead atoms. The first-order chi connectivity index (χ1) is 9.02. The highest BCUT2D eigenvalue weighted by atomic mass is 16.6. The van der Waals surface area contributed by atoms with E-state index in [4.69, 9.17) is 10.2 Å². The smallest absolute Gasteiger partial charge is 0.342 e. The molecular formula is C12H14N2O5. The lowest BCUT2D eigenvalue weighted by molar-refractivity contribution is -0.385. The number of rotatable bonds is 4. The van der Waals surface area contributed by atoms with Gasteiger partial charge < -0.3 is 15.1 Å². The van der Waals surface area contributed by atoms with Crippen LogP contribution < -0.4 is 4.90 Å². The molecule has 1 heterocycles. The van der Waals surface area contributed by atoms with Crippen molar-refractivity contribution in [2.75, 3.05) is 24.6 Å². The fourth-order valence-electron chi connectivity index (χ4n) is 2.26. The zero-order valence-corrected chi connectivity index (χ0v) is 10.2. The Morgan fingerprint density at radius 1 is 1.53 bits per heavy atom. The van der Waals surface area contributed by atoms with Crippen LogP contribution in [-0.4, -0.2) is 40.8 Å². The zero-order valence-electron chi connectivity index (χ0n) is 10.2. The summed E-state index contributed by atoms with van der Waals surface area (Å²) in [7, 11) is 0. The Labute approximate surface area is 109 Å². The fourth-order valence-corrected chi connectivity index (χ4v) is 2.26. The third-order valence-corrected chi connectivity index (χ3v) is 3.32. The van der Waals surface area contributed by atoms with E-state index in [9.17, 15) is 14.9 Å². The number of aliphatic hydroxyl groups is 1. The molecule has 0 aliphatic carbocycles. The minimum atomic E-state index is -1.31. The summed E-state index contributed by atoms with van der Waals surface area (Å²) in [6.07, 6.45) is 0.824. The molecule has 1 unspecified atom stereocenters. The summed E-state index contributed by atoms with van der Waals surface area (Å²) in [5.41, 5.74) is -0.100. The van der Waals surface area contributed by atoms with Crippen molar-refractivity contribution in [3.05, 3.63) is 33.9 Å². The molecule has 1 aromatic carbocycles. The lowest BCUT2D eigenvalue weighted by Gasteiger charge is -2.18. The van der Waals surface area contributed by atoms with Crippen molar-refractivity contribution >= 4 is 17.3 Å². The normalized spacial score (nSPS) is 18.6. The molecule has 0 radical (unpaired) electrons. The standard InChI is InChI=1S/C12H14N2O5/c15-7-8-3-4-13(6-8)9-1-2-10(12(16)17)11(5-9)14(18)19/h1-2,5,8,15H,3-4,6-7H2,(H,16,17). The van der Waals surface area contributed by atoms with E-state index in [1.165, 1.54) is 12.1 Å². The lowest BCUT2D eigenvalue weighted by Crippen LogP contribution is -2.20. The van der Waals surface area contributed by atoms with Gasteiger partial charge in [0.05, 0.1) is 4.92 Å². The summed E-state index contributed by atoms with van der Waals surface area (Å²) in [5.74, 6) is -1.15. The third-order valence-electron chi connectivity index (χ3n) is 3.32. The van der Waals surface area contributed by atoms with Crippen molar-refractivity contribution in [2.45, 2.75) is 6.42 Å². The molecule has 1 aliphatic rings. The molecule has 0 spiro atoms. The van der Waals surface area contributed by atoms with Crippen molar-refractivity contribution < 1.29 is 19.9 Å². The Morgan fingerprint density at radius 3 is 2.79 bits per heavy atom. The molecule has 1 fully saturated rings. The topological polar surface area (TPSA) is 104 Å². The van der Waals surface area contributed by atoms with E-state index in [2.05, 4.69) is 0 Å². The molecule has 0 saturated carbocycles. The number of carbonyl (C=O) groups is 1. The average molecular weight is 266 g/mol. The maximum absolute atomic E-state index is 10.9. The predicted molar refractivity (Wildman–Crippen MR) is 67.5 cm³/mol. The number of carboxylic acid groups (broad SMARTS) is 1. The van der Waals surface area contributed by atoms with Crippen LogP contribution in [-0.2, 0) is 0 Å². The van der Waals surface area contributed by atoms with Gasteiger partial charge in [-0.3, -0.25) is 10.1 Å². The number of anilines is 1. The van der Waals surface area contributed by atoms with Crippen LogP contribution in [0, 0.1) is 16.0 Å². The molecule has 2 N–H and O–H groups in total. The van der Waals surface area contributed by atoms with E-state index in [1.54, 1.807) is 6.07 Å². The van der Waals surface area contributed by atoms with E-state index in [-0.39, 0.29) is 18.1 Å². The van der Waals surface area contributed by atoms with Crippen molar-refractivity contribution in [2.24, 2.45) is 5.92 Å². The molecule has 0 amide bonds. The van der Waals surface area contributed by atoms with Crippen molar-refractivity contribution in [3.8, 4) is 0 Å². The van der Waals surface area contributed by atoms with E-state index < -0.39 is 16.6 Å². The van der Waals surface area contributed by atoms with E-state index in [0.29, 0.717) is 18.8 Å². The Balaban J connectivity index is 2.31. The van der Waals surface area contributed by atoms with Crippen LogP contribution in [0.1, 0.15) is 16.8 Å². The third kappa shape index (κ3) is 2.65. The molecule has 102 valence electrons. The molecule has 1 atom stereocenters. The van der Waals surface area contributed by atoms with Gasteiger partial charge in [-0.15, -0.1) is 0 Å². The second-order valence-corrected chi connectivity index (χ2v) is 4.55. The van der Waals surface area contributed by atoms with Crippen LogP contribution in [0.5, 0.6) is 0 Å². The molecule has 2 rings (SSSR count). The van der Waals surface area contributed by atoms with Gasteiger partial charge in [-0.2, -0.15) is 0 Å². The maximum Gasteiger partial charge on any atom is 0.342 e. The van der Waals surface area contributed by atoms with Gasteiger partial charge in [-0.25, -0.2) is 4.79 Å². The van der Waals surface area contributed by atoms with Gasteiger partial charge in [0, 0.05) is 37.4 Å². The Kier molecular flexibility index (Phi) is 3.66. The first-order valence-corrected chi connectivity index (χ1v) is 5.90. The summed E-state index contributed by atoms with van der Waals surface area (Å²) in [4.78, 5) is 23.0. The monoisotopic (exact) mass is 266 g/mol. The second kappa shape index (κ2) is 5.23. The highest BCUT2D eigenvalue weighted by molar-refractivity contribution is 5.93. The largest absolute Gasteiger partial charge is 0.477 e. The van der Waals surface area contributed by atoms with Crippen LogP contribution in [0.3, 0.4) is 0 Å². The average Bonchev–Trinajstić information content (AvgIpc) is 2.86. The summed E-state index contributed by atoms with van der Waals surface area (Å²) < 4.78 is 0. The van der Waals surface area contributed by atoms with Crippen LogP contribution in [0.4, 0.5) is 11.4 Å². The highest BCUT2D eigenvalue weighted by Crippen LogP contribution is 2.29. The maximum atomic E-state index is 10.9. The number of aliphatic hydroxyl groups excluding tert-OH is 1. The fraction of sp³-hybridized carbons (Fsp3) is 0.417. The van der Waals surface area contributed by atoms with Crippen LogP contribution >= 0.6 is 0 Å². The van der Waals surface area contributed by atoms with Gasteiger partial charge >= 0.3 is 5.97 Å². The van der Waals surface area contributed by atoms with Crippen LogP contribution in [0.15, 0.2) is 18.2 Å². The number of carboxylic acids is 1. The minimum absolute atomic E-state index is 0.0891. The number of hydrogen-bond acceptors (Lipinski definition) is 5. The van der Waals surface area contributed by atoms with Gasteiger partial charge in [-0.1, -0.05) is 0 Å². The van der Waals surface area contributed by atoms with Crippen molar-refractivity contribution in [1.82, 2.24) is 0 Å². The molecule has 7 heteroatoms. The SMILES string of the molecule is O=C(O)c1ccc(N2CCC(CO)C2)cc1[N+](=O)[O-]. The van der Waals surface area contributed by atoms with Gasteiger partial charge in [0.2, 0.25) is 0 Å². The molecular weight excluding hydrogens is 252 g/mol. The molecule has 1 saturated heterocycles. The highest BCUT2D eigenvalue weighted by Gasteiger charge is 2.25. The molecule has 0 aromatic heterocycles. The molecule has 1 aromatic rings. The number of benzene rings is 1. The van der Waals surface area contributed by atoms with Crippen molar-refractivity contribution in [1.29, 1.82) is 0 Å². The summed E-state index contributed by atoms with van der Waals surface area (Å²) in [6, 6.07) is 4.10. The first-order valence-electron chi connectivity index (χ1n) is 5.90. The zero-order chi connectivity index (χ0) is 14.0. The summed E-state index contributed by atoms with van der Waals surface area (Å²) in [5, 5.41) is 28.9. The number of nitro benzene ring substituents is 1. The van der Waals surface area contributed by atoms with E-state index >= 15 is 0 Å². The van der Waals surface area contributed by atoms with Gasteiger partial charge in [0.15, 0.2) is 0 Å². The van der Waals surface area contributed by atoms with Crippen LogP contribution in [0.25, 0.3) is 0 Å².